The molecule has 1 aromatic heterocycles. The third-order valence-corrected chi connectivity index (χ3v) is 3.81. The number of fused-ring (bicyclic) bond motifs is 1. The fraction of sp³-hybridized carbons (Fsp3) is 0.167. The van der Waals surface area contributed by atoms with Crippen molar-refractivity contribution in [2.45, 2.75) is 13.1 Å². The van der Waals surface area contributed by atoms with Gasteiger partial charge in [-0.3, -0.25) is 0 Å². The van der Waals surface area contributed by atoms with Crippen molar-refractivity contribution >= 4 is 22.2 Å². The zero-order valence-corrected chi connectivity index (χ0v) is 9.87. The van der Waals surface area contributed by atoms with Gasteiger partial charge in [0.15, 0.2) is 5.13 Å². The molecule has 1 aliphatic rings. The average Bonchev–Trinajstić information content (AvgIpc) is 2.98. The highest BCUT2D eigenvalue weighted by Crippen LogP contribution is 2.33. The van der Waals surface area contributed by atoms with Gasteiger partial charge in [-0.25, -0.2) is 4.98 Å². The first kappa shape index (κ1) is 10.1. The molecule has 0 saturated heterocycles. The van der Waals surface area contributed by atoms with Gasteiger partial charge in [0.25, 0.3) is 0 Å². The minimum Gasteiger partial charge on any atom is -0.397 e. The van der Waals surface area contributed by atoms with Gasteiger partial charge in [-0.05, 0) is 11.6 Å². The zero-order chi connectivity index (χ0) is 11.8. The summed E-state index contributed by atoms with van der Waals surface area (Å²) < 4.78 is 0. The van der Waals surface area contributed by atoms with E-state index < -0.39 is 0 Å². The van der Waals surface area contributed by atoms with Crippen molar-refractivity contribution in [3.8, 4) is 6.07 Å². The first-order valence-corrected chi connectivity index (χ1v) is 6.12. The minimum atomic E-state index is 0.560. The van der Waals surface area contributed by atoms with Gasteiger partial charge in [-0.1, -0.05) is 6.07 Å². The molecule has 2 N–H and O–H groups in total. The Kier molecular flexibility index (Phi) is 2.23. The number of thiazole rings is 1. The first-order chi connectivity index (χ1) is 8.29. The second-order valence-electron chi connectivity index (χ2n) is 3.95. The summed E-state index contributed by atoms with van der Waals surface area (Å²) in [6, 6.07) is 5.89. The lowest BCUT2D eigenvalue weighted by atomic mass is 10.0. The topological polar surface area (TPSA) is 65.9 Å². The van der Waals surface area contributed by atoms with Gasteiger partial charge in [0.2, 0.25) is 0 Å². The van der Waals surface area contributed by atoms with Crippen LogP contribution in [0.1, 0.15) is 16.7 Å². The summed E-state index contributed by atoms with van der Waals surface area (Å²) in [5.74, 6) is 0. The maximum absolute atomic E-state index is 8.95. The van der Waals surface area contributed by atoms with Crippen molar-refractivity contribution < 1.29 is 0 Å². The van der Waals surface area contributed by atoms with E-state index in [1.54, 1.807) is 23.6 Å². The lowest BCUT2D eigenvalue weighted by Gasteiger charge is -2.12. The summed E-state index contributed by atoms with van der Waals surface area (Å²) in [4.78, 5) is 6.47. The van der Waals surface area contributed by atoms with Gasteiger partial charge in [0, 0.05) is 30.2 Å². The Balaban J connectivity index is 1.99. The number of hydrogen-bond donors (Lipinski definition) is 1. The van der Waals surface area contributed by atoms with Crippen LogP contribution >= 0.6 is 11.3 Å². The molecule has 84 valence electrons. The Hall–Kier alpha value is -2.06. The van der Waals surface area contributed by atoms with Crippen molar-refractivity contribution in [2.24, 2.45) is 0 Å². The van der Waals surface area contributed by atoms with Crippen LogP contribution in [-0.4, -0.2) is 4.98 Å². The average molecular weight is 242 g/mol. The van der Waals surface area contributed by atoms with Gasteiger partial charge >= 0.3 is 0 Å². The van der Waals surface area contributed by atoms with Crippen LogP contribution in [0.25, 0.3) is 0 Å². The van der Waals surface area contributed by atoms with Gasteiger partial charge in [0.1, 0.15) is 6.07 Å². The molecule has 1 aliphatic heterocycles. The van der Waals surface area contributed by atoms with Crippen LogP contribution in [0.5, 0.6) is 0 Å². The molecule has 1 aromatic carbocycles. The van der Waals surface area contributed by atoms with Gasteiger partial charge in [-0.2, -0.15) is 5.26 Å². The van der Waals surface area contributed by atoms with E-state index in [9.17, 15) is 0 Å². The summed E-state index contributed by atoms with van der Waals surface area (Å²) in [5, 5.41) is 11.9. The molecule has 0 unspecified atom stereocenters. The molecule has 3 rings (SSSR count). The van der Waals surface area contributed by atoms with Crippen LogP contribution in [-0.2, 0) is 13.1 Å². The molecule has 5 heteroatoms. The summed E-state index contributed by atoms with van der Waals surface area (Å²) in [6.07, 6.45) is 1.80. The van der Waals surface area contributed by atoms with Crippen molar-refractivity contribution in [1.29, 1.82) is 5.26 Å². The third-order valence-electron chi connectivity index (χ3n) is 2.97. The molecular formula is C12H10N4S. The molecule has 0 fully saturated rings. The number of rotatable bonds is 1. The van der Waals surface area contributed by atoms with Crippen LogP contribution < -0.4 is 10.6 Å². The monoisotopic (exact) mass is 242 g/mol. The van der Waals surface area contributed by atoms with E-state index in [0.29, 0.717) is 11.3 Å². The minimum absolute atomic E-state index is 0.560. The largest absolute Gasteiger partial charge is 0.397 e. The molecule has 0 radical (unpaired) electrons. The molecule has 0 saturated carbocycles. The summed E-state index contributed by atoms with van der Waals surface area (Å²) >= 11 is 1.62. The van der Waals surface area contributed by atoms with E-state index >= 15 is 0 Å². The SMILES string of the molecule is N#Cc1ccc2c(c1N)CN(c1nccs1)C2. The number of nitriles is 1. The maximum Gasteiger partial charge on any atom is 0.185 e. The quantitative estimate of drug-likeness (QED) is 0.778. The number of anilines is 2. The van der Waals surface area contributed by atoms with E-state index in [2.05, 4.69) is 16.0 Å². The van der Waals surface area contributed by atoms with E-state index in [-0.39, 0.29) is 0 Å². The number of hydrogen-bond acceptors (Lipinski definition) is 5. The molecular weight excluding hydrogens is 232 g/mol. The highest BCUT2D eigenvalue weighted by atomic mass is 32.1. The molecule has 0 aliphatic carbocycles. The Morgan fingerprint density at radius 3 is 3.00 bits per heavy atom. The van der Waals surface area contributed by atoms with Crippen LogP contribution in [0.4, 0.5) is 10.8 Å². The Labute approximate surface area is 103 Å². The summed E-state index contributed by atoms with van der Waals surface area (Å²) in [6.45, 7) is 1.56. The number of nitrogen functional groups attached to an aromatic ring is 1. The van der Waals surface area contributed by atoms with Crippen molar-refractivity contribution in [3.63, 3.8) is 0 Å². The normalized spacial score (nSPS) is 13.5. The third kappa shape index (κ3) is 1.54. The van der Waals surface area contributed by atoms with Crippen molar-refractivity contribution in [3.05, 3.63) is 40.4 Å². The van der Waals surface area contributed by atoms with Gasteiger partial charge in [-0.15, -0.1) is 11.3 Å². The Morgan fingerprint density at radius 2 is 2.29 bits per heavy atom. The van der Waals surface area contributed by atoms with Crippen LogP contribution in [0.15, 0.2) is 23.7 Å². The Bertz CT molecular complexity index is 598. The fourth-order valence-corrected chi connectivity index (χ4v) is 2.75. The summed E-state index contributed by atoms with van der Waals surface area (Å²) in [5.41, 5.74) is 9.43. The molecule has 2 aromatic rings. The lowest BCUT2D eigenvalue weighted by Crippen LogP contribution is -2.14. The van der Waals surface area contributed by atoms with E-state index in [0.717, 1.165) is 23.8 Å². The summed E-state index contributed by atoms with van der Waals surface area (Å²) in [7, 11) is 0. The molecule has 0 atom stereocenters. The van der Waals surface area contributed by atoms with Gasteiger partial charge < -0.3 is 10.6 Å². The predicted molar refractivity (Wildman–Crippen MR) is 67.6 cm³/mol. The van der Waals surface area contributed by atoms with E-state index in [1.165, 1.54) is 5.56 Å². The van der Waals surface area contributed by atoms with E-state index in [4.69, 9.17) is 11.0 Å². The molecule has 17 heavy (non-hydrogen) atoms. The lowest BCUT2D eigenvalue weighted by molar-refractivity contribution is 0.873. The van der Waals surface area contributed by atoms with E-state index in [1.807, 2.05) is 11.4 Å². The second kappa shape index (κ2) is 3.75. The van der Waals surface area contributed by atoms with Crippen LogP contribution in [0.2, 0.25) is 0 Å². The van der Waals surface area contributed by atoms with Crippen molar-refractivity contribution in [1.82, 2.24) is 4.98 Å². The number of benzene rings is 1. The van der Waals surface area contributed by atoms with Crippen LogP contribution in [0.3, 0.4) is 0 Å². The van der Waals surface area contributed by atoms with Gasteiger partial charge in [0.05, 0.1) is 11.3 Å². The fourth-order valence-electron chi connectivity index (χ4n) is 2.10. The number of nitrogens with zero attached hydrogens (tertiary/aromatic N) is 3. The van der Waals surface area contributed by atoms with Crippen LogP contribution in [0, 0.1) is 11.3 Å². The highest BCUT2D eigenvalue weighted by Gasteiger charge is 2.23. The Morgan fingerprint density at radius 1 is 1.41 bits per heavy atom. The number of nitrogens with two attached hydrogens (primary N) is 1. The zero-order valence-electron chi connectivity index (χ0n) is 9.05. The molecule has 0 bridgehead atoms. The second-order valence-corrected chi connectivity index (χ2v) is 4.82. The molecule has 4 nitrogen and oxygen atoms in total. The maximum atomic E-state index is 8.95. The molecule has 0 spiro atoms. The molecule has 0 amide bonds. The number of aromatic nitrogens is 1. The molecule has 2 heterocycles. The highest BCUT2D eigenvalue weighted by molar-refractivity contribution is 7.13. The van der Waals surface area contributed by atoms with Crippen molar-refractivity contribution in [2.75, 3.05) is 10.6 Å². The standard InChI is InChI=1S/C12H10N4S/c13-5-8-1-2-9-6-16(7-10(9)11(8)14)12-15-3-4-17-12/h1-4H,6-7,14H2. The smallest absolute Gasteiger partial charge is 0.185 e. The predicted octanol–water partition coefficient (Wildman–Crippen LogP) is 2.12. The first-order valence-electron chi connectivity index (χ1n) is 5.24.